The van der Waals surface area contributed by atoms with Crippen molar-refractivity contribution >= 4 is 11.6 Å². The number of carbonyl (C=O) groups is 1. The van der Waals surface area contributed by atoms with Crippen LogP contribution in [-0.4, -0.2) is 19.0 Å². The van der Waals surface area contributed by atoms with Crippen molar-refractivity contribution in [2.45, 2.75) is 32.6 Å². The van der Waals surface area contributed by atoms with Gasteiger partial charge in [-0.1, -0.05) is 13.3 Å². The molecule has 1 heterocycles. The molecule has 1 aromatic carbocycles. The molecule has 0 saturated carbocycles. The topological polar surface area (TPSA) is 64.9 Å². The minimum Gasteiger partial charge on any atom is -0.326 e. The Morgan fingerprint density at radius 1 is 1.35 bits per heavy atom. The third kappa shape index (κ3) is 3.17. The van der Waals surface area contributed by atoms with E-state index in [4.69, 9.17) is 5.26 Å². The van der Waals surface area contributed by atoms with Gasteiger partial charge in [-0.25, -0.2) is 0 Å². The largest absolute Gasteiger partial charge is 0.326 e. The molecule has 0 radical (unpaired) electrons. The summed E-state index contributed by atoms with van der Waals surface area (Å²) in [6, 6.07) is 9.11. The van der Waals surface area contributed by atoms with Crippen molar-refractivity contribution in [3.05, 3.63) is 29.8 Å². The van der Waals surface area contributed by atoms with Gasteiger partial charge in [0.2, 0.25) is 5.91 Å². The summed E-state index contributed by atoms with van der Waals surface area (Å²) in [5.41, 5.74) is 1.13. The van der Waals surface area contributed by atoms with Gasteiger partial charge in [0, 0.05) is 5.69 Å². The van der Waals surface area contributed by atoms with Crippen molar-refractivity contribution in [1.29, 1.82) is 5.26 Å². The lowest BCUT2D eigenvalue weighted by molar-refractivity contribution is -0.127. The second kappa shape index (κ2) is 6.53. The Morgan fingerprint density at radius 2 is 2.00 bits per heavy atom. The lowest BCUT2D eigenvalue weighted by atomic mass is 9.74. The van der Waals surface area contributed by atoms with Crippen molar-refractivity contribution in [2.24, 2.45) is 5.41 Å². The lowest BCUT2D eigenvalue weighted by Gasteiger charge is -2.36. The highest BCUT2D eigenvalue weighted by Crippen LogP contribution is 2.35. The van der Waals surface area contributed by atoms with Crippen molar-refractivity contribution in [3.8, 4) is 6.07 Å². The fourth-order valence-corrected chi connectivity index (χ4v) is 2.87. The molecule has 2 N–H and O–H groups in total. The molecule has 1 amide bonds. The summed E-state index contributed by atoms with van der Waals surface area (Å²) in [4.78, 5) is 12.6. The molecular formula is C16H21N3O. The number of hydrogen-bond donors (Lipinski definition) is 2. The first kappa shape index (κ1) is 14.5. The molecule has 1 fully saturated rings. The average Bonchev–Trinajstić information content (AvgIpc) is 2.49. The Balaban J connectivity index is 2.09. The van der Waals surface area contributed by atoms with Crippen molar-refractivity contribution in [3.63, 3.8) is 0 Å². The molecule has 4 nitrogen and oxygen atoms in total. The fourth-order valence-electron chi connectivity index (χ4n) is 2.87. The number of anilines is 1. The number of benzene rings is 1. The van der Waals surface area contributed by atoms with Crippen LogP contribution in [0.1, 0.15) is 38.2 Å². The predicted octanol–water partition coefficient (Wildman–Crippen LogP) is 2.67. The molecule has 1 aromatic rings. The summed E-state index contributed by atoms with van der Waals surface area (Å²) in [5.74, 6) is 0.116. The molecule has 20 heavy (non-hydrogen) atoms. The molecule has 2 rings (SSSR count). The van der Waals surface area contributed by atoms with E-state index in [1.54, 1.807) is 24.3 Å². The molecule has 0 aliphatic carbocycles. The van der Waals surface area contributed by atoms with E-state index in [-0.39, 0.29) is 11.3 Å². The van der Waals surface area contributed by atoms with Gasteiger partial charge >= 0.3 is 0 Å². The van der Waals surface area contributed by atoms with Crippen LogP contribution in [0.5, 0.6) is 0 Å². The smallest absolute Gasteiger partial charge is 0.230 e. The summed E-state index contributed by atoms with van der Waals surface area (Å²) < 4.78 is 0. The van der Waals surface area contributed by atoms with E-state index in [1.807, 2.05) is 0 Å². The van der Waals surface area contributed by atoms with Crippen LogP contribution in [0, 0.1) is 16.7 Å². The Kier molecular flexibility index (Phi) is 4.75. The van der Waals surface area contributed by atoms with Gasteiger partial charge in [0.15, 0.2) is 0 Å². The van der Waals surface area contributed by atoms with Gasteiger partial charge in [0.05, 0.1) is 17.0 Å². The quantitative estimate of drug-likeness (QED) is 0.885. The molecule has 4 heteroatoms. The summed E-state index contributed by atoms with van der Waals surface area (Å²) in [7, 11) is 0. The van der Waals surface area contributed by atoms with Gasteiger partial charge < -0.3 is 10.6 Å². The number of hydrogen-bond acceptors (Lipinski definition) is 3. The van der Waals surface area contributed by atoms with Crippen molar-refractivity contribution in [2.75, 3.05) is 18.4 Å². The van der Waals surface area contributed by atoms with Gasteiger partial charge in [-0.3, -0.25) is 4.79 Å². The van der Waals surface area contributed by atoms with Crippen LogP contribution >= 0.6 is 0 Å². The van der Waals surface area contributed by atoms with Crippen molar-refractivity contribution in [1.82, 2.24) is 5.32 Å². The van der Waals surface area contributed by atoms with Gasteiger partial charge in [-0.05, 0) is 56.6 Å². The zero-order valence-electron chi connectivity index (χ0n) is 11.9. The number of nitrogens with zero attached hydrogens (tertiary/aromatic N) is 1. The molecule has 0 aromatic heterocycles. The van der Waals surface area contributed by atoms with E-state index in [1.165, 1.54) is 0 Å². The normalized spacial score (nSPS) is 17.2. The predicted molar refractivity (Wildman–Crippen MR) is 79.2 cm³/mol. The maximum atomic E-state index is 12.6. The van der Waals surface area contributed by atoms with Crippen LogP contribution in [0.4, 0.5) is 5.69 Å². The highest BCUT2D eigenvalue weighted by Gasteiger charge is 2.38. The van der Waals surface area contributed by atoms with Crippen molar-refractivity contribution < 1.29 is 4.79 Å². The highest BCUT2D eigenvalue weighted by atomic mass is 16.2. The third-order valence-electron chi connectivity index (χ3n) is 4.04. The average molecular weight is 271 g/mol. The first-order valence-electron chi connectivity index (χ1n) is 7.22. The Labute approximate surface area is 120 Å². The molecule has 0 spiro atoms. The number of rotatable bonds is 4. The number of amides is 1. The maximum absolute atomic E-state index is 12.6. The first-order valence-corrected chi connectivity index (χ1v) is 7.22. The highest BCUT2D eigenvalue weighted by molar-refractivity contribution is 5.95. The molecular weight excluding hydrogens is 250 g/mol. The van der Waals surface area contributed by atoms with E-state index >= 15 is 0 Å². The summed E-state index contributed by atoms with van der Waals surface area (Å²) >= 11 is 0. The number of nitriles is 1. The monoisotopic (exact) mass is 271 g/mol. The third-order valence-corrected chi connectivity index (χ3v) is 4.04. The Morgan fingerprint density at radius 3 is 2.55 bits per heavy atom. The van der Waals surface area contributed by atoms with Gasteiger partial charge in [0.1, 0.15) is 0 Å². The maximum Gasteiger partial charge on any atom is 0.230 e. The molecule has 1 aliphatic rings. The lowest BCUT2D eigenvalue weighted by Crippen LogP contribution is -2.44. The summed E-state index contributed by atoms with van der Waals surface area (Å²) in [5, 5.41) is 15.1. The van der Waals surface area contributed by atoms with Crippen LogP contribution in [0.2, 0.25) is 0 Å². The molecule has 106 valence electrons. The SMILES string of the molecule is CCCC1(C(=O)Nc2ccc(C#N)cc2)CCNCC1. The van der Waals surface area contributed by atoms with E-state index in [0.29, 0.717) is 5.56 Å². The second-order valence-electron chi connectivity index (χ2n) is 5.42. The zero-order valence-corrected chi connectivity index (χ0v) is 11.9. The van der Waals surface area contributed by atoms with E-state index in [9.17, 15) is 4.79 Å². The first-order chi connectivity index (χ1) is 9.70. The second-order valence-corrected chi connectivity index (χ2v) is 5.42. The van der Waals surface area contributed by atoms with Crippen LogP contribution in [0.25, 0.3) is 0 Å². The minimum atomic E-state index is -0.242. The Bertz CT molecular complexity index is 490. The number of nitrogens with one attached hydrogen (secondary N) is 2. The molecule has 0 unspecified atom stereocenters. The molecule has 1 saturated heterocycles. The number of piperidine rings is 1. The van der Waals surface area contributed by atoms with Crippen LogP contribution < -0.4 is 10.6 Å². The minimum absolute atomic E-state index is 0.116. The fraction of sp³-hybridized carbons (Fsp3) is 0.500. The molecule has 0 bridgehead atoms. The summed E-state index contributed by atoms with van der Waals surface area (Å²) in [6.07, 6.45) is 3.73. The van der Waals surface area contributed by atoms with Gasteiger partial charge in [-0.2, -0.15) is 5.26 Å². The summed E-state index contributed by atoms with van der Waals surface area (Å²) in [6.45, 7) is 3.93. The van der Waals surface area contributed by atoms with Crippen LogP contribution in [-0.2, 0) is 4.79 Å². The van der Waals surface area contributed by atoms with Crippen LogP contribution in [0.15, 0.2) is 24.3 Å². The van der Waals surface area contributed by atoms with Gasteiger partial charge in [-0.15, -0.1) is 0 Å². The van der Waals surface area contributed by atoms with E-state index in [2.05, 4.69) is 23.6 Å². The van der Waals surface area contributed by atoms with Gasteiger partial charge in [0.25, 0.3) is 0 Å². The standard InChI is InChI=1S/C16H21N3O/c1-2-7-16(8-10-18-11-9-16)15(20)19-14-5-3-13(12-17)4-6-14/h3-6,18H,2,7-11H2,1H3,(H,19,20). The number of carbonyl (C=O) groups excluding carboxylic acids is 1. The Hall–Kier alpha value is -1.86. The molecule has 1 aliphatic heterocycles. The zero-order chi connectivity index (χ0) is 14.4. The van der Waals surface area contributed by atoms with E-state index < -0.39 is 0 Å². The molecule has 0 atom stereocenters. The van der Waals surface area contributed by atoms with E-state index in [0.717, 1.165) is 44.5 Å². The van der Waals surface area contributed by atoms with Crippen LogP contribution in [0.3, 0.4) is 0 Å².